The molecule has 3 nitrogen and oxygen atoms in total. The summed E-state index contributed by atoms with van der Waals surface area (Å²) in [5.41, 5.74) is 1.34. The molecule has 0 bridgehead atoms. The molecule has 2 rings (SSSR count). The summed E-state index contributed by atoms with van der Waals surface area (Å²) in [4.78, 5) is 6.98. The Balaban J connectivity index is 2.02. The summed E-state index contributed by atoms with van der Waals surface area (Å²) >= 11 is 0. The highest BCUT2D eigenvalue weighted by atomic mass is 15.2. The lowest BCUT2D eigenvalue weighted by Gasteiger charge is -2.31. The van der Waals surface area contributed by atoms with E-state index in [2.05, 4.69) is 48.1 Å². The molecule has 1 atom stereocenters. The zero-order chi connectivity index (χ0) is 13.7. The van der Waals surface area contributed by atoms with E-state index >= 15 is 0 Å². The van der Waals surface area contributed by atoms with Gasteiger partial charge in [0.1, 0.15) is 5.82 Å². The number of hydrogen-bond acceptors (Lipinski definition) is 3. The van der Waals surface area contributed by atoms with Gasteiger partial charge < -0.3 is 10.2 Å². The summed E-state index contributed by atoms with van der Waals surface area (Å²) in [6.07, 6.45) is 5.70. The smallest absolute Gasteiger partial charge is 0.128 e. The first-order chi connectivity index (χ1) is 9.20. The van der Waals surface area contributed by atoms with Crippen molar-refractivity contribution in [3.05, 3.63) is 23.9 Å². The molecule has 1 fully saturated rings. The van der Waals surface area contributed by atoms with Crippen LogP contribution in [0.2, 0.25) is 0 Å². The minimum absolute atomic E-state index is 0.408. The highest BCUT2D eigenvalue weighted by Crippen LogP contribution is 2.23. The van der Waals surface area contributed by atoms with Crippen molar-refractivity contribution in [3.63, 3.8) is 0 Å². The van der Waals surface area contributed by atoms with Crippen molar-refractivity contribution in [2.45, 2.75) is 46.1 Å². The minimum atomic E-state index is 0.408. The Labute approximate surface area is 117 Å². The molecule has 0 aliphatic carbocycles. The number of piperidine rings is 1. The van der Waals surface area contributed by atoms with Crippen molar-refractivity contribution in [1.82, 2.24) is 10.3 Å². The van der Waals surface area contributed by atoms with Crippen LogP contribution < -0.4 is 10.2 Å². The van der Waals surface area contributed by atoms with Gasteiger partial charge in [0.05, 0.1) is 0 Å². The third kappa shape index (κ3) is 3.93. The predicted octanol–water partition coefficient (Wildman–Crippen LogP) is 3.38. The van der Waals surface area contributed by atoms with Crippen LogP contribution in [0.5, 0.6) is 0 Å². The molecule has 1 unspecified atom stereocenters. The average molecular weight is 261 g/mol. The fourth-order valence-corrected chi connectivity index (χ4v) is 2.59. The van der Waals surface area contributed by atoms with Gasteiger partial charge in [0.2, 0.25) is 0 Å². The van der Waals surface area contributed by atoms with Crippen LogP contribution in [0.25, 0.3) is 0 Å². The average Bonchev–Trinajstić information content (AvgIpc) is 2.45. The summed E-state index contributed by atoms with van der Waals surface area (Å²) < 4.78 is 0. The van der Waals surface area contributed by atoms with Crippen LogP contribution in [0.1, 0.15) is 51.6 Å². The predicted molar refractivity (Wildman–Crippen MR) is 81.6 cm³/mol. The monoisotopic (exact) mass is 261 g/mol. The van der Waals surface area contributed by atoms with E-state index in [0.717, 1.165) is 31.4 Å². The Hall–Kier alpha value is -1.09. The first-order valence-corrected chi connectivity index (χ1v) is 7.65. The summed E-state index contributed by atoms with van der Waals surface area (Å²) in [6, 6.07) is 4.79. The number of hydrogen-bond donors (Lipinski definition) is 1. The molecule has 0 spiro atoms. The molecule has 0 saturated carbocycles. The molecule has 0 aromatic carbocycles. The van der Waals surface area contributed by atoms with Crippen LogP contribution in [0.15, 0.2) is 18.3 Å². The third-order valence-corrected chi connectivity index (χ3v) is 4.08. The number of nitrogens with zero attached hydrogens (tertiary/aromatic N) is 2. The lowest BCUT2D eigenvalue weighted by molar-refractivity contribution is 0.436. The van der Waals surface area contributed by atoms with E-state index < -0.39 is 0 Å². The number of anilines is 1. The maximum atomic E-state index is 4.55. The van der Waals surface area contributed by atoms with E-state index in [0.29, 0.717) is 6.04 Å². The Bertz CT molecular complexity index is 383. The van der Waals surface area contributed by atoms with Crippen molar-refractivity contribution in [3.8, 4) is 0 Å². The summed E-state index contributed by atoms with van der Waals surface area (Å²) in [6.45, 7) is 10.1. The van der Waals surface area contributed by atoms with Gasteiger partial charge in [-0.2, -0.15) is 0 Å². The fourth-order valence-electron chi connectivity index (χ4n) is 2.59. The van der Waals surface area contributed by atoms with Gasteiger partial charge in [0.25, 0.3) is 0 Å². The van der Waals surface area contributed by atoms with E-state index in [1.807, 2.05) is 6.20 Å². The van der Waals surface area contributed by atoms with Gasteiger partial charge in [0.15, 0.2) is 0 Å². The van der Waals surface area contributed by atoms with Crippen molar-refractivity contribution >= 4 is 5.82 Å². The van der Waals surface area contributed by atoms with E-state index in [9.17, 15) is 0 Å². The standard InChI is InChI=1S/C16H27N3/c1-4-8-17-14(3)15-5-9-18-16(12-15)19-10-6-13(2)7-11-19/h5,9,12-14,17H,4,6-8,10-11H2,1-3H3. The molecular formula is C16H27N3. The second kappa shape index (κ2) is 6.90. The van der Waals surface area contributed by atoms with E-state index in [-0.39, 0.29) is 0 Å². The number of pyridine rings is 1. The van der Waals surface area contributed by atoms with Crippen LogP contribution in [-0.2, 0) is 0 Å². The Morgan fingerprint density at radius 2 is 2.16 bits per heavy atom. The van der Waals surface area contributed by atoms with Crippen molar-refractivity contribution in [2.75, 3.05) is 24.5 Å². The lowest BCUT2D eigenvalue weighted by atomic mass is 9.99. The Morgan fingerprint density at radius 3 is 2.84 bits per heavy atom. The van der Waals surface area contributed by atoms with Crippen LogP contribution in [0.4, 0.5) is 5.82 Å². The quantitative estimate of drug-likeness (QED) is 0.880. The lowest BCUT2D eigenvalue weighted by Crippen LogP contribution is -2.33. The van der Waals surface area contributed by atoms with Gasteiger partial charge in [-0.05, 0) is 56.3 Å². The molecule has 3 heteroatoms. The highest BCUT2D eigenvalue weighted by Gasteiger charge is 2.17. The summed E-state index contributed by atoms with van der Waals surface area (Å²) in [5.74, 6) is 2.01. The molecular weight excluding hydrogens is 234 g/mol. The van der Waals surface area contributed by atoms with E-state index in [4.69, 9.17) is 0 Å². The third-order valence-electron chi connectivity index (χ3n) is 4.08. The van der Waals surface area contributed by atoms with Crippen LogP contribution >= 0.6 is 0 Å². The fraction of sp³-hybridized carbons (Fsp3) is 0.688. The molecule has 1 aliphatic heterocycles. The molecule has 1 N–H and O–H groups in total. The van der Waals surface area contributed by atoms with Gasteiger partial charge in [-0.25, -0.2) is 4.98 Å². The van der Waals surface area contributed by atoms with Crippen molar-refractivity contribution < 1.29 is 0 Å². The second-order valence-corrected chi connectivity index (χ2v) is 5.79. The molecule has 1 aromatic heterocycles. The minimum Gasteiger partial charge on any atom is -0.357 e. The molecule has 0 radical (unpaired) electrons. The normalized spacial score (nSPS) is 18.6. The molecule has 1 saturated heterocycles. The summed E-state index contributed by atoms with van der Waals surface area (Å²) in [5, 5.41) is 3.54. The Morgan fingerprint density at radius 1 is 1.42 bits per heavy atom. The van der Waals surface area contributed by atoms with Crippen molar-refractivity contribution in [1.29, 1.82) is 0 Å². The Kier molecular flexibility index (Phi) is 5.20. The zero-order valence-electron chi connectivity index (χ0n) is 12.5. The number of rotatable bonds is 5. The first kappa shape index (κ1) is 14.3. The topological polar surface area (TPSA) is 28.2 Å². The van der Waals surface area contributed by atoms with Gasteiger partial charge >= 0.3 is 0 Å². The molecule has 1 aromatic rings. The molecule has 1 aliphatic rings. The second-order valence-electron chi connectivity index (χ2n) is 5.79. The summed E-state index contributed by atoms with van der Waals surface area (Å²) in [7, 11) is 0. The van der Waals surface area contributed by atoms with Gasteiger partial charge in [-0.15, -0.1) is 0 Å². The first-order valence-electron chi connectivity index (χ1n) is 7.65. The number of nitrogens with one attached hydrogen (secondary N) is 1. The molecule has 19 heavy (non-hydrogen) atoms. The highest BCUT2D eigenvalue weighted by molar-refractivity contribution is 5.42. The van der Waals surface area contributed by atoms with E-state index in [1.54, 1.807) is 0 Å². The van der Waals surface area contributed by atoms with Crippen LogP contribution in [-0.4, -0.2) is 24.6 Å². The maximum Gasteiger partial charge on any atom is 0.128 e. The SMILES string of the molecule is CCCNC(C)c1ccnc(N2CCC(C)CC2)c1. The van der Waals surface area contributed by atoms with E-state index in [1.165, 1.54) is 24.8 Å². The van der Waals surface area contributed by atoms with Gasteiger partial charge in [-0.3, -0.25) is 0 Å². The van der Waals surface area contributed by atoms with Crippen molar-refractivity contribution in [2.24, 2.45) is 5.92 Å². The van der Waals surface area contributed by atoms with Gasteiger partial charge in [-0.1, -0.05) is 13.8 Å². The molecule has 2 heterocycles. The molecule has 0 amide bonds. The number of aromatic nitrogens is 1. The van der Waals surface area contributed by atoms with Crippen LogP contribution in [0, 0.1) is 5.92 Å². The zero-order valence-corrected chi connectivity index (χ0v) is 12.5. The molecule has 106 valence electrons. The van der Waals surface area contributed by atoms with Gasteiger partial charge in [0, 0.05) is 25.3 Å². The maximum absolute atomic E-state index is 4.55. The largest absolute Gasteiger partial charge is 0.357 e. The van der Waals surface area contributed by atoms with Crippen LogP contribution in [0.3, 0.4) is 0 Å².